The van der Waals surface area contributed by atoms with E-state index in [1.807, 2.05) is 30.3 Å². The van der Waals surface area contributed by atoms with Crippen molar-refractivity contribution in [3.63, 3.8) is 0 Å². The number of carbonyl (C=O) groups excluding carboxylic acids is 2. The van der Waals surface area contributed by atoms with E-state index in [0.717, 1.165) is 5.56 Å². The van der Waals surface area contributed by atoms with E-state index < -0.39 is 23.5 Å². The zero-order valence-corrected chi connectivity index (χ0v) is 19.5. The smallest absolute Gasteiger partial charge is 0.290 e. The van der Waals surface area contributed by atoms with E-state index in [-0.39, 0.29) is 17.1 Å². The number of thiophene rings is 1. The van der Waals surface area contributed by atoms with Crippen molar-refractivity contribution in [1.82, 2.24) is 4.90 Å². The summed E-state index contributed by atoms with van der Waals surface area (Å²) in [6, 6.07) is 15.5. The Morgan fingerprint density at radius 3 is 2.56 bits per heavy atom. The van der Waals surface area contributed by atoms with Gasteiger partial charge in [0, 0.05) is 6.54 Å². The van der Waals surface area contributed by atoms with Gasteiger partial charge in [-0.15, -0.1) is 11.3 Å². The van der Waals surface area contributed by atoms with E-state index in [9.17, 15) is 19.8 Å². The number of ether oxygens (including phenoxy) is 1. The maximum Gasteiger partial charge on any atom is 0.290 e. The molecule has 8 heteroatoms. The van der Waals surface area contributed by atoms with Crippen LogP contribution in [0.25, 0.3) is 0 Å². The number of phenolic OH excluding ortho intramolecular Hbond substituents is 1. The molecule has 1 aliphatic heterocycles. The van der Waals surface area contributed by atoms with Crippen molar-refractivity contribution < 1.29 is 24.5 Å². The van der Waals surface area contributed by atoms with Gasteiger partial charge in [-0.05, 0) is 57.1 Å². The van der Waals surface area contributed by atoms with Gasteiger partial charge in [0.2, 0.25) is 5.78 Å². The minimum absolute atomic E-state index is 0.0187. The van der Waals surface area contributed by atoms with E-state index in [1.54, 1.807) is 29.6 Å². The van der Waals surface area contributed by atoms with Gasteiger partial charge in [0.1, 0.15) is 0 Å². The van der Waals surface area contributed by atoms with Crippen molar-refractivity contribution >= 4 is 39.0 Å². The fourth-order valence-electron chi connectivity index (χ4n) is 3.80. The van der Waals surface area contributed by atoms with E-state index in [0.29, 0.717) is 27.9 Å². The van der Waals surface area contributed by atoms with Gasteiger partial charge in [0.05, 0.1) is 28.1 Å². The van der Waals surface area contributed by atoms with Gasteiger partial charge in [-0.1, -0.05) is 36.4 Å². The number of carbonyl (C=O) groups is 2. The number of halogens is 1. The van der Waals surface area contributed by atoms with Crippen LogP contribution in [0.5, 0.6) is 11.5 Å². The number of methoxy groups -OCH3 is 1. The molecular formula is C24H20BrNO5S. The molecule has 2 heterocycles. The average molecular weight is 514 g/mol. The second kappa shape index (κ2) is 9.18. The van der Waals surface area contributed by atoms with Gasteiger partial charge in [-0.3, -0.25) is 9.59 Å². The van der Waals surface area contributed by atoms with Gasteiger partial charge in [-0.2, -0.15) is 0 Å². The lowest BCUT2D eigenvalue weighted by atomic mass is 9.95. The minimum atomic E-state index is -0.827. The maximum absolute atomic E-state index is 13.3. The van der Waals surface area contributed by atoms with E-state index in [2.05, 4.69) is 15.9 Å². The lowest BCUT2D eigenvalue weighted by Gasteiger charge is -2.27. The average Bonchev–Trinajstić information content (AvgIpc) is 3.42. The summed E-state index contributed by atoms with van der Waals surface area (Å²) < 4.78 is 5.63. The highest BCUT2D eigenvalue weighted by atomic mass is 79.9. The molecule has 0 unspecified atom stereocenters. The Labute approximate surface area is 197 Å². The number of phenols is 1. The fourth-order valence-corrected chi connectivity index (χ4v) is 4.94. The quantitative estimate of drug-likeness (QED) is 0.432. The number of aromatic hydroxyl groups is 1. The van der Waals surface area contributed by atoms with Crippen molar-refractivity contribution in [1.29, 1.82) is 0 Å². The van der Waals surface area contributed by atoms with Crippen LogP contribution in [0.4, 0.5) is 0 Å². The number of amides is 1. The lowest BCUT2D eigenvalue weighted by Crippen LogP contribution is -2.33. The molecule has 0 saturated heterocycles. The summed E-state index contributed by atoms with van der Waals surface area (Å²) in [5.74, 6) is -1.45. The largest absolute Gasteiger partial charge is 0.503 e. The first-order valence-corrected chi connectivity index (χ1v) is 11.5. The summed E-state index contributed by atoms with van der Waals surface area (Å²) in [6.07, 6.45) is 0.549. The van der Waals surface area contributed by atoms with Gasteiger partial charge in [0.25, 0.3) is 5.91 Å². The summed E-state index contributed by atoms with van der Waals surface area (Å²) in [7, 11) is 1.42. The number of aliphatic hydroxyl groups excluding tert-OH is 1. The molecule has 2 N–H and O–H groups in total. The van der Waals surface area contributed by atoms with Crippen LogP contribution in [0, 0.1) is 0 Å². The first-order valence-electron chi connectivity index (χ1n) is 9.85. The Hall–Kier alpha value is -3.10. The normalized spacial score (nSPS) is 16.0. The summed E-state index contributed by atoms with van der Waals surface area (Å²) in [5, 5.41) is 22.8. The minimum Gasteiger partial charge on any atom is -0.503 e. The van der Waals surface area contributed by atoms with Crippen molar-refractivity contribution in [3.05, 3.63) is 91.8 Å². The van der Waals surface area contributed by atoms with Gasteiger partial charge in [0.15, 0.2) is 17.3 Å². The molecule has 6 nitrogen and oxygen atoms in total. The van der Waals surface area contributed by atoms with Crippen LogP contribution >= 0.6 is 27.3 Å². The molecule has 1 atom stereocenters. The van der Waals surface area contributed by atoms with Gasteiger partial charge in [-0.25, -0.2) is 0 Å². The van der Waals surface area contributed by atoms with E-state index in [1.165, 1.54) is 23.3 Å². The highest BCUT2D eigenvalue weighted by molar-refractivity contribution is 9.10. The molecule has 0 bridgehead atoms. The Morgan fingerprint density at radius 2 is 1.91 bits per heavy atom. The Morgan fingerprint density at radius 1 is 1.16 bits per heavy atom. The van der Waals surface area contributed by atoms with E-state index in [4.69, 9.17) is 4.74 Å². The highest BCUT2D eigenvalue weighted by Gasteiger charge is 2.44. The number of Topliss-reactive ketones (excluding diaryl/α,β-unsaturated/α-hetero) is 1. The number of aliphatic hydroxyl groups is 1. The number of rotatable bonds is 7. The summed E-state index contributed by atoms with van der Waals surface area (Å²) in [4.78, 5) is 28.3. The topological polar surface area (TPSA) is 87.1 Å². The molecule has 0 spiro atoms. The Kier molecular flexibility index (Phi) is 6.34. The summed E-state index contributed by atoms with van der Waals surface area (Å²) in [5.41, 5.74) is 1.59. The molecule has 0 saturated carbocycles. The van der Waals surface area contributed by atoms with Crippen molar-refractivity contribution in [3.8, 4) is 11.5 Å². The molecule has 0 aliphatic carbocycles. The summed E-state index contributed by atoms with van der Waals surface area (Å²) >= 11 is 4.56. The lowest BCUT2D eigenvalue weighted by molar-refractivity contribution is -0.129. The molecule has 4 rings (SSSR count). The summed E-state index contributed by atoms with van der Waals surface area (Å²) in [6.45, 7) is 0.291. The number of hydrogen-bond acceptors (Lipinski definition) is 6. The third kappa shape index (κ3) is 4.03. The number of nitrogens with zero attached hydrogens (tertiary/aromatic N) is 1. The molecular weight excluding hydrogens is 494 g/mol. The van der Waals surface area contributed by atoms with Crippen LogP contribution in [-0.4, -0.2) is 40.5 Å². The second-order valence-electron chi connectivity index (χ2n) is 7.26. The van der Waals surface area contributed by atoms with Crippen LogP contribution in [0.2, 0.25) is 0 Å². The fraction of sp³-hybridized carbons (Fsp3) is 0.167. The number of benzene rings is 2. The third-order valence-corrected chi connectivity index (χ3v) is 6.84. The van der Waals surface area contributed by atoms with Crippen LogP contribution < -0.4 is 4.74 Å². The zero-order chi connectivity index (χ0) is 22.8. The molecule has 32 heavy (non-hydrogen) atoms. The standard InChI is InChI=1S/C24H20BrNO5S/c1-31-17-13-15(12-16(25)21(17)27)20-19(22(28)18-8-5-11-32-18)23(29)24(30)26(20)10-9-14-6-3-2-4-7-14/h2-8,11-13,20,27,29H,9-10H2,1H3/t20-/m1/s1. The molecule has 0 radical (unpaired) electrons. The molecule has 1 amide bonds. The predicted octanol–water partition coefficient (Wildman–Crippen LogP) is 5.05. The van der Waals surface area contributed by atoms with Crippen LogP contribution in [0.1, 0.15) is 26.8 Å². The molecule has 1 aliphatic rings. The molecule has 1 aromatic heterocycles. The van der Waals surface area contributed by atoms with Crippen molar-refractivity contribution in [2.24, 2.45) is 0 Å². The molecule has 2 aromatic carbocycles. The zero-order valence-electron chi connectivity index (χ0n) is 17.1. The number of ketones is 1. The molecule has 3 aromatic rings. The first-order chi connectivity index (χ1) is 15.4. The number of hydrogen-bond donors (Lipinski definition) is 2. The SMILES string of the molecule is COc1cc([C@@H]2C(C(=O)c3cccs3)=C(O)C(=O)N2CCc2ccccc2)cc(Br)c1O. The van der Waals surface area contributed by atoms with Crippen molar-refractivity contribution in [2.45, 2.75) is 12.5 Å². The second-order valence-corrected chi connectivity index (χ2v) is 9.06. The molecule has 0 fully saturated rings. The molecule has 164 valence electrons. The van der Waals surface area contributed by atoms with Gasteiger partial charge < -0.3 is 19.8 Å². The van der Waals surface area contributed by atoms with Crippen LogP contribution in [-0.2, 0) is 11.2 Å². The van der Waals surface area contributed by atoms with Gasteiger partial charge >= 0.3 is 0 Å². The van der Waals surface area contributed by atoms with Crippen LogP contribution in [0.3, 0.4) is 0 Å². The Balaban J connectivity index is 1.79. The first kappa shape index (κ1) is 22.1. The predicted molar refractivity (Wildman–Crippen MR) is 125 cm³/mol. The third-order valence-electron chi connectivity index (χ3n) is 5.36. The van der Waals surface area contributed by atoms with Crippen molar-refractivity contribution in [2.75, 3.05) is 13.7 Å². The van der Waals surface area contributed by atoms with Crippen LogP contribution in [0.15, 0.2) is 75.8 Å². The van der Waals surface area contributed by atoms with E-state index >= 15 is 0 Å². The highest BCUT2D eigenvalue weighted by Crippen LogP contribution is 2.44. The Bertz CT molecular complexity index is 1190. The monoisotopic (exact) mass is 513 g/mol. The maximum atomic E-state index is 13.3.